The zero-order valence-electron chi connectivity index (χ0n) is 10.8. The maximum absolute atomic E-state index is 7.17. The highest BCUT2D eigenvalue weighted by Crippen LogP contribution is 2.28. The second-order valence-electron chi connectivity index (χ2n) is 4.47. The number of nitrogens with zero attached hydrogens (tertiary/aromatic N) is 3. The first-order valence-electron chi connectivity index (χ1n) is 6.30. The van der Waals surface area contributed by atoms with Gasteiger partial charge in [0.2, 0.25) is 6.33 Å². The van der Waals surface area contributed by atoms with Crippen LogP contribution in [-0.4, -0.2) is 10.1 Å². The summed E-state index contributed by atoms with van der Waals surface area (Å²) in [6.07, 6.45) is 3.40. The average Bonchev–Trinajstić information content (AvgIpc) is 3.01. The van der Waals surface area contributed by atoms with Crippen LogP contribution in [-0.2, 0) is 6.54 Å². The van der Waals surface area contributed by atoms with E-state index in [4.69, 9.17) is 6.57 Å². The van der Waals surface area contributed by atoms with E-state index in [2.05, 4.69) is 27.1 Å². The smallest absolute Gasteiger partial charge is 0.238 e. The van der Waals surface area contributed by atoms with E-state index in [0.29, 0.717) is 12.2 Å². The Labute approximate surface area is 117 Å². The quantitative estimate of drug-likeness (QED) is 0.571. The largest absolute Gasteiger partial charge is 0.306 e. The minimum Gasteiger partial charge on any atom is -0.238 e. The van der Waals surface area contributed by atoms with Gasteiger partial charge in [0.25, 0.3) is 0 Å². The number of aromatic amines is 1. The summed E-state index contributed by atoms with van der Waals surface area (Å²) in [5.41, 5.74) is 4.01. The van der Waals surface area contributed by atoms with Crippen LogP contribution >= 0.6 is 0 Å². The molecule has 0 unspecified atom stereocenters. The van der Waals surface area contributed by atoms with Gasteiger partial charge >= 0.3 is 6.33 Å². The molecule has 1 N–H and O–H groups in total. The van der Waals surface area contributed by atoms with E-state index in [1.807, 2.05) is 41.1 Å². The number of hydrogen-bond acceptors (Lipinski definition) is 1. The van der Waals surface area contributed by atoms with E-state index in [1.165, 1.54) is 0 Å². The second-order valence-corrected chi connectivity index (χ2v) is 4.47. The number of hydrogen-bond donors (Lipinski definition) is 1. The third-order valence-electron chi connectivity index (χ3n) is 3.15. The average molecular weight is 261 g/mol. The summed E-state index contributed by atoms with van der Waals surface area (Å²) in [6.45, 7) is 7.87. The molecule has 4 heteroatoms. The number of nitrogens with one attached hydrogen (secondary N) is 1. The lowest BCUT2D eigenvalue weighted by molar-refractivity contribution is -0.743. The SMILES string of the molecule is [C-]#[N+]c1ccc(C[n+]2cnc[nH]2)c(-c2ccccc2)c1. The molecule has 0 aliphatic heterocycles. The maximum Gasteiger partial charge on any atom is 0.306 e. The van der Waals surface area contributed by atoms with Gasteiger partial charge in [-0.2, -0.15) is 9.78 Å². The molecule has 1 heterocycles. The zero-order valence-corrected chi connectivity index (χ0v) is 10.8. The summed E-state index contributed by atoms with van der Waals surface area (Å²) in [7, 11) is 0. The van der Waals surface area contributed by atoms with Gasteiger partial charge in [-0.25, -0.2) is 4.85 Å². The van der Waals surface area contributed by atoms with Crippen molar-refractivity contribution >= 4 is 5.69 Å². The van der Waals surface area contributed by atoms with Crippen molar-refractivity contribution in [1.82, 2.24) is 10.1 Å². The number of H-pyrrole nitrogens is 1. The van der Waals surface area contributed by atoms with Gasteiger partial charge in [0.1, 0.15) is 6.54 Å². The summed E-state index contributed by atoms with van der Waals surface area (Å²) in [6, 6.07) is 15.9. The molecular formula is C16H13N4+. The van der Waals surface area contributed by atoms with E-state index in [1.54, 1.807) is 12.7 Å². The van der Waals surface area contributed by atoms with Crippen molar-refractivity contribution in [3.63, 3.8) is 0 Å². The second kappa shape index (κ2) is 5.37. The van der Waals surface area contributed by atoms with E-state index in [-0.39, 0.29) is 0 Å². The lowest BCUT2D eigenvalue weighted by atomic mass is 9.99. The van der Waals surface area contributed by atoms with Gasteiger partial charge in [0.15, 0.2) is 5.69 Å². The Morgan fingerprint density at radius 3 is 2.70 bits per heavy atom. The summed E-state index contributed by atoms with van der Waals surface area (Å²) < 4.78 is 1.90. The Kier molecular flexibility index (Phi) is 3.25. The molecule has 4 nitrogen and oxygen atoms in total. The Balaban J connectivity index is 2.08. The molecular weight excluding hydrogens is 248 g/mol. The van der Waals surface area contributed by atoms with Crippen molar-refractivity contribution in [1.29, 1.82) is 0 Å². The van der Waals surface area contributed by atoms with Gasteiger partial charge in [-0.05, 0) is 22.2 Å². The molecule has 0 saturated heterocycles. The molecule has 3 rings (SSSR count). The van der Waals surface area contributed by atoms with Crippen LogP contribution in [0.1, 0.15) is 5.56 Å². The molecule has 0 radical (unpaired) electrons. The standard InChI is InChI=1S/C16H12N4/c1-17-15-8-7-14(10-20-12-18-11-19-20)16(9-15)13-5-3-2-4-6-13/h2-9,11-12H,10H2/p+1. The van der Waals surface area contributed by atoms with Crippen LogP contribution < -0.4 is 4.68 Å². The summed E-state index contributed by atoms with van der Waals surface area (Å²) in [4.78, 5) is 7.53. The predicted octanol–water partition coefficient (Wildman–Crippen LogP) is 2.96. The number of aromatic nitrogens is 3. The first-order valence-corrected chi connectivity index (χ1v) is 6.30. The van der Waals surface area contributed by atoms with Gasteiger partial charge in [0.05, 0.1) is 6.57 Å². The third-order valence-corrected chi connectivity index (χ3v) is 3.15. The van der Waals surface area contributed by atoms with Gasteiger partial charge in [-0.15, -0.1) is 0 Å². The summed E-state index contributed by atoms with van der Waals surface area (Å²) in [5.74, 6) is 0. The lowest BCUT2D eigenvalue weighted by Crippen LogP contribution is -2.35. The Morgan fingerprint density at radius 2 is 2.00 bits per heavy atom. The molecule has 0 amide bonds. The number of rotatable bonds is 3. The normalized spacial score (nSPS) is 10.2. The predicted molar refractivity (Wildman–Crippen MR) is 76.0 cm³/mol. The van der Waals surface area contributed by atoms with Crippen molar-refractivity contribution < 1.29 is 4.68 Å². The Morgan fingerprint density at radius 1 is 1.15 bits per heavy atom. The molecule has 1 aromatic heterocycles. The van der Waals surface area contributed by atoms with Crippen molar-refractivity contribution in [2.75, 3.05) is 0 Å². The lowest BCUT2D eigenvalue weighted by Gasteiger charge is -2.08. The molecule has 96 valence electrons. The fourth-order valence-electron chi connectivity index (χ4n) is 2.18. The molecule has 0 bridgehead atoms. The van der Waals surface area contributed by atoms with Crippen molar-refractivity contribution in [3.8, 4) is 11.1 Å². The highest BCUT2D eigenvalue weighted by atomic mass is 15.3. The molecule has 0 aliphatic rings. The Hall–Kier alpha value is -2.93. The minimum absolute atomic E-state index is 0.655. The van der Waals surface area contributed by atoms with E-state index in [0.717, 1.165) is 16.7 Å². The van der Waals surface area contributed by atoms with Crippen molar-refractivity contribution in [3.05, 3.63) is 78.2 Å². The van der Waals surface area contributed by atoms with Crippen LogP contribution in [0.5, 0.6) is 0 Å². The van der Waals surface area contributed by atoms with E-state index < -0.39 is 0 Å². The Bertz CT molecular complexity index is 740. The van der Waals surface area contributed by atoms with Crippen LogP contribution in [0.25, 0.3) is 16.0 Å². The molecule has 0 saturated carbocycles. The van der Waals surface area contributed by atoms with E-state index in [9.17, 15) is 0 Å². The molecule has 0 atom stereocenters. The highest BCUT2D eigenvalue weighted by Gasteiger charge is 2.09. The zero-order chi connectivity index (χ0) is 13.8. The first-order chi connectivity index (χ1) is 9.86. The van der Waals surface area contributed by atoms with Crippen LogP contribution in [0.2, 0.25) is 0 Å². The first kappa shape index (κ1) is 12.1. The number of benzene rings is 2. The molecule has 0 fully saturated rings. The molecule has 0 aliphatic carbocycles. The van der Waals surface area contributed by atoms with E-state index >= 15 is 0 Å². The topological polar surface area (TPSA) is 36.9 Å². The third kappa shape index (κ3) is 2.43. The van der Waals surface area contributed by atoms with Crippen molar-refractivity contribution in [2.24, 2.45) is 0 Å². The van der Waals surface area contributed by atoms with Crippen LogP contribution in [0.15, 0.2) is 61.2 Å². The van der Waals surface area contributed by atoms with Gasteiger partial charge in [-0.1, -0.05) is 42.5 Å². The fraction of sp³-hybridized carbons (Fsp3) is 0.0625. The van der Waals surface area contributed by atoms with Crippen LogP contribution in [0.3, 0.4) is 0 Å². The van der Waals surface area contributed by atoms with Crippen LogP contribution in [0, 0.1) is 6.57 Å². The van der Waals surface area contributed by atoms with Gasteiger partial charge in [0, 0.05) is 5.56 Å². The molecule has 3 aromatic rings. The molecule has 0 spiro atoms. The maximum atomic E-state index is 7.17. The molecule has 2 aromatic carbocycles. The van der Waals surface area contributed by atoms with Gasteiger partial charge < -0.3 is 0 Å². The summed E-state index contributed by atoms with van der Waals surface area (Å²) in [5, 5.41) is 3.04. The highest BCUT2D eigenvalue weighted by molar-refractivity contribution is 5.71. The monoisotopic (exact) mass is 261 g/mol. The van der Waals surface area contributed by atoms with Crippen molar-refractivity contribution in [2.45, 2.75) is 6.54 Å². The van der Waals surface area contributed by atoms with Gasteiger partial charge in [-0.3, -0.25) is 0 Å². The van der Waals surface area contributed by atoms with Crippen LogP contribution in [0.4, 0.5) is 5.69 Å². The molecule has 20 heavy (non-hydrogen) atoms. The fourth-order valence-corrected chi connectivity index (χ4v) is 2.18. The summed E-state index contributed by atoms with van der Waals surface area (Å²) >= 11 is 0. The minimum atomic E-state index is 0.655.